The van der Waals surface area contributed by atoms with Crippen LogP contribution in [-0.4, -0.2) is 18.9 Å². The van der Waals surface area contributed by atoms with Crippen molar-refractivity contribution in [2.75, 3.05) is 6.79 Å². The summed E-state index contributed by atoms with van der Waals surface area (Å²) in [5, 5.41) is 4.56. The minimum Gasteiger partial charge on any atom is -0.454 e. The number of nitrogens with one attached hydrogen (secondary N) is 1. The number of rotatable bonds is 5. The van der Waals surface area contributed by atoms with Gasteiger partial charge in [0, 0.05) is 11.6 Å². The molecule has 1 amide bonds. The minimum absolute atomic E-state index is 0.166. The summed E-state index contributed by atoms with van der Waals surface area (Å²) in [6.07, 6.45) is 1.50. The fraction of sp³-hybridized carbons (Fsp3) is 0.0909. The molecule has 0 radical (unpaired) electrons. The number of carbonyl (C=O) groups is 1. The molecule has 0 bridgehead atoms. The van der Waals surface area contributed by atoms with Crippen LogP contribution in [0.25, 0.3) is 0 Å². The van der Waals surface area contributed by atoms with E-state index in [2.05, 4.69) is 10.5 Å². The highest BCUT2D eigenvalue weighted by molar-refractivity contribution is 6.33. The van der Waals surface area contributed by atoms with E-state index in [1.54, 1.807) is 12.1 Å². The fourth-order valence-electron chi connectivity index (χ4n) is 3.05. The standard InChI is InChI=1S/C22H17ClN2O3/c23-18-12-20-19(27-14-28-20)11-17(18)13-24-25-22(26)21(15-7-3-1-4-8-15)16-9-5-2-6-10-16/h1-13,21H,14H2,(H,25,26)/b24-13-. The van der Waals surface area contributed by atoms with E-state index in [9.17, 15) is 4.79 Å². The fourth-order valence-corrected chi connectivity index (χ4v) is 3.25. The molecule has 0 fully saturated rings. The lowest BCUT2D eigenvalue weighted by Crippen LogP contribution is -2.26. The molecular weight excluding hydrogens is 376 g/mol. The summed E-state index contributed by atoms with van der Waals surface area (Å²) in [5.74, 6) is 0.500. The molecule has 0 atom stereocenters. The molecule has 1 aliphatic heterocycles. The Morgan fingerprint density at radius 3 is 2.14 bits per heavy atom. The Morgan fingerprint density at radius 1 is 0.964 bits per heavy atom. The molecule has 140 valence electrons. The number of hydrogen-bond acceptors (Lipinski definition) is 4. The van der Waals surface area contributed by atoms with Crippen molar-refractivity contribution >= 4 is 23.7 Å². The van der Waals surface area contributed by atoms with Gasteiger partial charge >= 0.3 is 0 Å². The summed E-state index contributed by atoms with van der Waals surface area (Å²) in [4.78, 5) is 12.9. The van der Waals surface area contributed by atoms with Crippen molar-refractivity contribution in [1.82, 2.24) is 5.43 Å². The van der Waals surface area contributed by atoms with Gasteiger partial charge in [0.25, 0.3) is 5.91 Å². The van der Waals surface area contributed by atoms with Crippen molar-refractivity contribution in [3.63, 3.8) is 0 Å². The molecule has 5 nitrogen and oxygen atoms in total. The SMILES string of the molecule is O=C(N/N=C\c1cc2c(cc1Cl)OCO2)C(c1ccccc1)c1ccccc1. The highest BCUT2D eigenvalue weighted by atomic mass is 35.5. The molecule has 28 heavy (non-hydrogen) atoms. The van der Waals surface area contributed by atoms with E-state index in [1.807, 2.05) is 60.7 Å². The van der Waals surface area contributed by atoms with Crippen LogP contribution in [0, 0.1) is 0 Å². The Hall–Kier alpha value is -3.31. The van der Waals surface area contributed by atoms with Crippen molar-refractivity contribution in [3.05, 3.63) is 94.5 Å². The lowest BCUT2D eigenvalue weighted by molar-refractivity contribution is -0.121. The largest absolute Gasteiger partial charge is 0.454 e. The van der Waals surface area contributed by atoms with E-state index in [0.29, 0.717) is 22.1 Å². The van der Waals surface area contributed by atoms with Crippen molar-refractivity contribution in [2.24, 2.45) is 5.10 Å². The van der Waals surface area contributed by atoms with Crippen LogP contribution < -0.4 is 14.9 Å². The number of amides is 1. The van der Waals surface area contributed by atoms with Gasteiger partial charge in [-0.1, -0.05) is 72.3 Å². The molecule has 0 spiro atoms. The van der Waals surface area contributed by atoms with Crippen molar-refractivity contribution in [3.8, 4) is 11.5 Å². The van der Waals surface area contributed by atoms with E-state index < -0.39 is 5.92 Å². The van der Waals surface area contributed by atoms with Gasteiger partial charge in [-0.3, -0.25) is 4.79 Å². The highest BCUT2D eigenvalue weighted by Crippen LogP contribution is 2.36. The van der Waals surface area contributed by atoms with Gasteiger partial charge in [0.1, 0.15) is 0 Å². The average molecular weight is 393 g/mol. The van der Waals surface area contributed by atoms with Gasteiger partial charge in [-0.2, -0.15) is 5.10 Å². The van der Waals surface area contributed by atoms with Crippen LogP contribution in [0.5, 0.6) is 11.5 Å². The Bertz CT molecular complexity index is 968. The molecule has 1 heterocycles. The normalized spacial score (nSPS) is 12.5. The molecule has 0 aromatic heterocycles. The predicted octanol–water partition coefficient (Wildman–Crippen LogP) is 4.35. The molecule has 0 unspecified atom stereocenters. The number of ether oxygens (including phenoxy) is 2. The average Bonchev–Trinajstić information content (AvgIpc) is 3.17. The predicted molar refractivity (Wildman–Crippen MR) is 108 cm³/mol. The first-order chi connectivity index (χ1) is 13.7. The third-order valence-corrected chi connectivity index (χ3v) is 4.73. The lowest BCUT2D eigenvalue weighted by Gasteiger charge is -2.16. The molecule has 0 saturated carbocycles. The van der Waals surface area contributed by atoms with Gasteiger partial charge in [-0.25, -0.2) is 5.43 Å². The van der Waals surface area contributed by atoms with Crippen molar-refractivity contribution in [2.45, 2.75) is 5.92 Å². The number of hydrogen-bond donors (Lipinski definition) is 1. The number of carbonyl (C=O) groups excluding carboxylic acids is 1. The minimum atomic E-state index is -0.466. The number of nitrogens with zero attached hydrogens (tertiary/aromatic N) is 1. The van der Waals surface area contributed by atoms with E-state index >= 15 is 0 Å². The van der Waals surface area contributed by atoms with E-state index in [0.717, 1.165) is 11.1 Å². The Kier molecular flexibility index (Phi) is 5.26. The molecular formula is C22H17ClN2O3. The Balaban J connectivity index is 1.55. The Morgan fingerprint density at radius 2 is 1.54 bits per heavy atom. The van der Waals surface area contributed by atoms with Gasteiger partial charge < -0.3 is 9.47 Å². The summed E-state index contributed by atoms with van der Waals surface area (Å²) in [5.41, 5.74) is 5.03. The number of halogens is 1. The van der Waals surface area contributed by atoms with Crippen LogP contribution in [0.2, 0.25) is 5.02 Å². The molecule has 1 aliphatic rings. The van der Waals surface area contributed by atoms with Crippen LogP contribution in [0.1, 0.15) is 22.6 Å². The topological polar surface area (TPSA) is 59.9 Å². The van der Waals surface area contributed by atoms with E-state index in [1.165, 1.54) is 6.21 Å². The van der Waals surface area contributed by atoms with Crippen LogP contribution in [0.15, 0.2) is 77.9 Å². The quantitative estimate of drug-likeness (QED) is 0.518. The summed E-state index contributed by atoms with van der Waals surface area (Å²) in [6.45, 7) is 0.166. The van der Waals surface area contributed by atoms with Crippen LogP contribution in [0.3, 0.4) is 0 Å². The van der Waals surface area contributed by atoms with E-state index in [4.69, 9.17) is 21.1 Å². The maximum atomic E-state index is 12.9. The summed E-state index contributed by atoms with van der Waals surface area (Å²) in [7, 11) is 0. The lowest BCUT2D eigenvalue weighted by atomic mass is 9.91. The second kappa shape index (κ2) is 8.15. The van der Waals surface area contributed by atoms with Crippen molar-refractivity contribution < 1.29 is 14.3 Å². The smallest absolute Gasteiger partial charge is 0.252 e. The highest BCUT2D eigenvalue weighted by Gasteiger charge is 2.22. The van der Waals surface area contributed by atoms with Crippen LogP contribution >= 0.6 is 11.6 Å². The number of fused-ring (bicyclic) bond motifs is 1. The second-order valence-corrected chi connectivity index (χ2v) is 6.62. The zero-order chi connectivity index (χ0) is 19.3. The maximum Gasteiger partial charge on any atom is 0.252 e. The molecule has 1 N–H and O–H groups in total. The van der Waals surface area contributed by atoms with Gasteiger partial charge in [0.05, 0.1) is 17.2 Å². The molecule has 3 aromatic carbocycles. The van der Waals surface area contributed by atoms with Crippen LogP contribution in [0.4, 0.5) is 0 Å². The van der Waals surface area contributed by atoms with Crippen LogP contribution in [-0.2, 0) is 4.79 Å². The van der Waals surface area contributed by atoms with Gasteiger partial charge in [-0.15, -0.1) is 0 Å². The number of hydrazone groups is 1. The maximum absolute atomic E-state index is 12.9. The van der Waals surface area contributed by atoms with E-state index in [-0.39, 0.29) is 12.7 Å². The third kappa shape index (κ3) is 3.85. The molecule has 0 aliphatic carbocycles. The monoisotopic (exact) mass is 392 g/mol. The third-order valence-electron chi connectivity index (χ3n) is 4.40. The summed E-state index contributed by atoms with van der Waals surface area (Å²) < 4.78 is 10.6. The molecule has 0 saturated heterocycles. The zero-order valence-electron chi connectivity index (χ0n) is 14.8. The van der Waals surface area contributed by atoms with Gasteiger partial charge in [0.2, 0.25) is 6.79 Å². The molecule has 4 rings (SSSR count). The summed E-state index contributed by atoms with van der Waals surface area (Å²) >= 11 is 6.24. The first kappa shape index (κ1) is 18.1. The summed E-state index contributed by atoms with van der Waals surface area (Å²) in [6, 6.07) is 22.6. The second-order valence-electron chi connectivity index (χ2n) is 6.22. The van der Waals surface area contributed by atoms with Gasteiger partial charge in [-0.05, 0) is 17.2 Å². The zero-order valence-corrected chi connectivity index (χ0v) is 15.6. The Labute approximate surface area is 167 Å². The molecule has 3 aromatic rings. The first-order valence-corrected chi connectivity index (χ1v) is 9.12. The first-order valence-electron chi connectivity index (χ1n) is 8.74. The van der Waals surface area contributed by atoms with Gasteiger partial charge in [0.15, 0.2) is 11.5 Å². The van der Waals surface area contributed by atoms with Crippen molar-refractivity contribution in [1.29, 1.82) is 0 Å². The number of benzene rings is 3. The molecule has 6 heteroatoms.